The molecule has 1 heterocycles. The summed E-state index contributed by atoms with van der Waals surface area (Å²) < 4.78 is 0. The zero-order valence-corrected chi connectivity index (χ0v) is 14.4. The van der Waals surface area contributed by atoms with E-state index in [9.17, 15) is 0 Å². The highest BCUT2D eigenvalue weighted by molar-refractivity contribution is 6.36. The largest absolute Gasteiger partial charge is 0.264 e. The minimum Gasteiger partial charge on any atom is -0.264 e. The van der Waals surface area contributed by atoms with Crippen LogP contribution < -0.4 is 5.06 Å². The summed E-state index contributed by atoms with van der Waals surface area (Å²) >= 11 is 12.9. The molecule has 1 unspecified atom stereocenters. The molecule has 4 heteroatoms. The molecule has 0 N–H and O–H groups in total. The van der Waals surface area contributed by atoms with E-state index in [-0.39, 0.29) is 11.6 Å². The van der Waals surface area contributed by atoms with Gasteiger partial charge in [-0.25, -0.2) is 5.06 Å². The molecular weight excluding hydrogens is 317 g/mol. The van der Waals surface area contributed by atoms with Gasteiger partial charge >= 0.3 is 0 Å². The number of hydrogen-bond donors (Lipinski definition) is 0. The second-order valence-corrected chi connectivity index (χ2v) is 7.34. The van der Waals surface area contributed by atoms with Crippen LogP contribution in [0.4, 0.5) is 5.69 Å². The number of fused-ring (bicyclic) bond motifs is 1. The molecule has 1 aliphatic rings. The van der Waals surface area contributed by atoms with Gasteiger partial charge in [-0.15, -0.1) is 0 Å². The Balaban J connectivity index is 2.11. The third-order valence-corrected chi connectivity index (χ3v) is 4.44. The minimum atomic E-state index is -0.226. The average molecular weight is 336 g/mol. The summed E-state index contributed by atoms with van der Waals surface area (Å²) in [4.78, 5) is 6.29. The van der Waals surface area contributed by atoms with Crippen LogP contribution >= 0.6 is 23.2 Å². The van der Waals surface area contributed by atoms with Crippen LogP contribution in [0.3, 0.4) is 0 Å². The molecule has 22 heavy (non-hydrogen) atoms. The van der Waals surface area contributed by atoms with Crippen molar-refractivity contribution in [3.63, 3.8) is 0 Å². The summed E-state index contributed by atoms with van der Waals surface area (Å²) in [5, 5.41) is 3.30. The quantitative estimate of drug-likeness (QED) is 0.650. The summed E-state index contributed by atoms with van der Waals surface area (Å²) in [6.45, 7) is 6.30. The van der Waals surface area contributed by atoms with Crippen molar-refractivity contribution in [3.05, 3.63) is 63.6 Å². The smallest absolute Gasteiger partial charge is 0.115 e. The van der Waals surface area contributed by atoms with Gasteiger partial charge in [0.2, 0.25) is 0 Å². The fourth-order valence-corrected chi connectivity index (χ4v) is 3.22. The maximum atomic E-state index is 6.44. The topological polar surface area (TPSA) is 12.5 Å². The van der Waals surface area contributed by atoms with E-state index >= 15 is 0 Å². The Labute approximate surface area is 141 Å². The lowest BCUT2D eigenvalue weighted by molar-refractivity contribution is -0.00904. The molecule has 0 saturated carbocycles. The molecule has 1 atom stereocenters. The Hall–Kier alpha value is -1.22. The van der Waals surface area contributed by atoms with Crippen molar-refractivity contribution in [2.24, 2.45) is 0 Å². The van der Waals surface area contributed by atoms with Crippen LogP contribution in [0.25, 0.3) is 0 Å². The molecule has 2 nitrogen and oxygen atoms in total. The molecular formula is C18H19Cl2NO. The van der Waals surface area contributed by atoms with Crippen molar-refractivity contribution < 1.29 is 4.84 Å². The Morgan fingerprint density at radius 1 is 1.00 bits per heavy atom. The van der Waals surface area contributed by atoms with Crippen molar-refractivity contribution in [3.8, 4) is 0 Å². The van der Waals surface area contributed by atoms with E-state index in [2.05, 4.69) is 32.9 Å². The highest BCUT2D eigenvalue weighted by atomic mass is 35.5. The van der Waals surface area contributed by atoms with Gasteiger partial charge < -0.3 is 0 Å². The summed E-state index contributed by atoms with van der Waals surface area (Å²) in [5.41, 5.74) is 2.84. The number of nitrogens with zero attached hydrogens (tertiary/aromatic N) is 1. The van der Waals surface area contributed by atoms with Gasteiger partial charge in [0.15, 0.2) is 0 Å². The van der Waals surface area contributed by atoms with Crippen molar-refractivity contribution in [2.45, 2.75) is 38.8 Å². The van der Waals surface area contributed by atoms with E-state index in [1.54, 1.807) is 0 Å². The van der Waals surface area contributed by atoms with Gasteiger partial charge in [-0.05, 0) is 38.5 Å². The van der Waals surface area contributed by atoms with Crippen molar-refractivity contribution >= 4 is 28.9 Å². The first kappa shape index (κ1) is 15.7. The highest BCUT2D eigenvalue weighted by Crippen LogP contribution is 2.45. The lowest BCUT2D eigenvalue weighted by atomic mass is 9.96. The van der Waals surface area contributed by atoms with Crippen LogP contribution in [-0.2, 0) is 11.3 Å². The Morgan fingerprint density at radius 3 is 2.27 bits per heavy atom. The number of hydroxylamine groups is 1. The van der Waals surface area contributed by atoms with Gasteiger partial charge in [-0.1, -0.05) is 53.5 Å². The van der Waals surface area contributed by atoms with E-state index in [0.29, 0.717) is 11.4 Å². The van der Waals surface area contributed by atoms with E-state index < -0.39 is 0 Å². The predicted octanol–water partition coefficient (Wildman–Crippen LogP) is 5.83. The number of hydrogen-bond acceptors (Lipinski definition) is 2. The van der Waals surface area contributed by atoms with Gasteiger partial charge in [0.05, 0.1) is 16.2 Å². The normalized spacial score (nSPS) is 18.2. The van der Waals surface area contributed by atoms with Crippen LogP contribution in [0.2, 0.25) is 10.0 Å². The van der Waals surface area contributed by atoms with Crippen LogP contribution in [0.1, 0.15) is 38.0 Å². The maximum absolute atomic E-state index is 6.44. The molecule has 0 radical (unpaired) electrons. The molecule has 0 saturated heterocycles. The molecule has 0 aliphatic carbocycles. The predicted molar refractivity (Wildman–Crippen MR) is 92.7 cm³/mol. The second kappa shape index (κ2) is 5.77. The minimum absolute atomic E-state index is 0.0658. The standard InChI is InChI=1S/C18H19Cl2NO/c1-18(2,3)21-17-13(14(19)9-10-15(17)20)11-16(22-21)12-7-5-4-6-8-12/h4-10,16H,11H2,1-3H3. The average Bonchev–Trinajstić information content (AvgIpc) is 2.50. The summed E-state index contributed by atoms with van der Waals surface area (Å²) in [5.74, 6) is 0. The highest BCUT2D eigenvalue weighted by Gasteiger charge is 2.36. The van der Waals surface area contributed by atoms with Crippen molar-refractivity contribution in [1.29, 1.82) is 0 Å². The molecule has 0 spiro atoms. The summed E-state index contributed by atoms with van der Waals surface area (Å²) in [6, 6.07) is 13.9. The Bertz CT molecular complexity index is 679. The summed E-state index contributed by atoms with van der Waals surface area (Å²) in [7, 11) is 0. The zero-order valence-electron chi connectivity index (χ0n) is 12.9. The number of anilines is 1. The first-order valence-electron chi connectivity index (χ1n) is 7.37. The number of rotatable bonds is 1. The van der Waals surface area contributed by atoms with E-state index in [0.717, 1.165) is 21.8 Å². The Kier molecular flexibility index (Phi) is 4.11. The Morgan fingerprint density at radius 2 is 1.64 bits per heavy atom. The van der Waals surface area contributed by atoms with Gasteiger partial charge in [0, 0.05) is 17.0 Å². The van der Waals surface area contributed by atoms with E-state index in [4.69, 9.17) is 28.0 Å². The molecule has 116 valence electrons. The molecule has 0 amide bonds. The first-order valence-corrected chi connectivity index (χ1v) is 8.12. The van der Waals surface area contributed by atoms with Crippen LogP contribution in [0, 0.1) is 0 Å². The second-order valence-electron chi connectivity index (χ2n) is 6.53. The van der Waals surface area contributed by atoms with Gasteiger partial charge in [-0.3, -0.25) is 4.84 Å². The van der Waals surface area contributed by atoms with Crippen molar-refractivity contribution in [1.82, 2.24) is 0 Å². The fraction of sp³-hybridized carbons (Fsp3) is 0.333. The van der Waals surface area contributed by atoms with Crippen LogP contribution in [0.5, 0.6) is 0 Å². The van der Waals surface area contributed by atoms with Gasteiger partial charge in [0.1, 0.15) is 6.10 Å². The summed E-state index contributed by atoms with van der Waals surface area (Å²) in [6.07, 6.45) is 0.648. The van der Waals surface area contributed by atoms with Crippen LogP contribution in [0.15, 0.2) is 42.5 Å². The fourth-order valence-electron chi connectivity index (χ4n) is 2.74. The molecule has 3 rings (SSSR count). The maximum Gasteiger partial charge on any atom is 0.115 e. The molecule has 2 aromatic carbocycles. The SMILES string of the molecule is CC(C)(C)N1OC(c2ccccc2)Cc2c(Cl)ccc(Cl)c21. The third-order valence-electron chi connectivity index (χ3n) is 3.78. The van der Waals surface area contributed by atoms with E-state index in [1.165, 1.54) is 0 Å². The zero-order chi connectivity index (χ0) is 15.9. The molecule has 1 aliphatic heterocycles. The van der Waals surface area contributed by atoms with Gasteiger partial charge in [0.25, 0.3) is 0 Å². The number of benzene rings is 2. The van der Waals surface area contributed by atoms with Crippen molar-refractivity contribution in [2.75, 3.05) is 5.06 Å². The van der Waals surface area contributed by atoms with Crippen LogP contribution in [-0.4, -0.2) is 5.54 Å². The molecule has 0 fully saturated rings. The lowest BCUT2D eigenvalue weighted by Crippen LogP contribution is -2.45. The molecule has 2 aromatic rings. The molecule has 0 aromatic heterocycles. The van der Waals surface area contributed by atoms with Gasteiger partial charge in [-0.2, -0.15) is 0 Å². The first-order chi connectivity index (χ1) is 10.4. The molecule has 0 bridgehead atoms. The third kappa shape index (κ3) is 2.83. The monoisotopic (exact) mass is 335 g/mol. The van der Waals surface area contributed by atoms with E-state index in [1.807, 2.05) is 35.4 Å². The number of halogens is 2. The lowest BCUT2D eigenvalue weighted by Gasteiger charge is -2.44.